The number of thiophene rings is 1. The van der Waals surface area contributed by atoms with E-state index in [2.05, 4.69) is 40.9 Å². The number of carbonyl (C=O) groups is 2. The number of allylic oxidation sites excluding steroid dienone is 2. The Morgan fingerprint density at radius 2 is 1.65 bits per heavy atom. The highest BCUT2D eigenvalue weighted by Crippen LogP contribution is 2.55. The predicted octanol–water partition coefficient (Wildman–Crippen LogP) is 9.37. The molecule has 5 rings (SSSR count). The maximum absolute atomic E-state index is 13.2. The van der Waals surface area contributed by atoms with Crippen molar-refractivity contribution in [2.75, 3.05) is 17.2 Å². The van der Waals surface area contributed by atoms with Crippen molar-refractivity contribution in [3.05, 3.63) is 88.7 Å². The number of hydrogen-bond acceptors (Lipinski definition) is 8. The fraction of sp³-hybridized carbons (Fsp3) is 0.368. The lowest BCUT2D eigenvalue weighted by Crippen LogP contribution is -2.30. The lowest BCUT2D eigenvalue weighted by Gasteiger charge is -2.30. The summed E-state index contributed by atoms with van der Waals surface area (Å²) in [5.41, 5.74) is 5.74. The maximum Gasteiger partial charge on any atom is 0.264 e. The molecule has 1 unspecified atom stereocenters. The van der Waals surface area contributed by atoms with Crippen molar-refractivity contribution >= 4 is 60.7 Å². The van der Waals surface area contributed by atoms with Crippen molar-refractivity contribution in [3.8, 4) is 11.1 Å². The smallest absolute Gasteiger partial charge is 0.264 e. The normalized spacial score (nSPS) is 17.1. The number of carbonyl (C=O) groups excluding carboxylic acids is 2. The lowest BCUT2D eigenvalue weighted by atomic mass is 9.76. The van der Waals surface area contributed by atoms with Crippen molar-refractivity contribution < 1.29 is 22.6 Å². The van der Waals surface area contributed by atoms with Gasteiger partial charge in [-0.1, -0.05) is 45.4 Å². The van der Waals surface area contributed by atoms with Crippen LogP contribution in [0.15, 0.2) is 76.7 Å². The number of pyridine rings is 1. The van der Waals surface area contributed by atoms with Gasteiger partial charge in [-0.15, -0.1) is 11.3 Å². The van der Waals surface area contributed by atoms with Crippen molar-refractivity contribution in [1.82, 2.24) is 4.98 Å². The molecule has 1 N–H and O–H groups in total. The molecule has 1 aliphatic rings. The number of anilines is 1. The number of rotatable bonds is 15. The van der Waals surface area contributed by atoms with Crippen LogP contribution in [0.4, 0.5) is 11.4 Å². The Balaban J connectivity index is 1.74. The highest BCUT2D eigenvalue weighted by molar-refractivity contribution is 7.85. The van der Waals surface area contributed by atoms with E-state index in [0.717, 1.165) is 56.7 Å². The zero-order valence-corrected chi connectivity index (χ0v) is 29.7. The van der Waals surface area contributed by atoms with E-state index in [4.69, 9.17) is 0 Å². The summed E-state index contributed by atoms with van der Waals surface area (Å²) in [5, 5.41) is 3.04. The molecule has 0 saturated carbocycles. The molecule has 0 saturated heterocycles. The zero-order valence-electron chi connectivity index (χ0n) is 28.0. The Labute approximate surface area is 287 Å². The topological polar surface area (TPSA) is 117 Å². The third kappa shape index (κ3) is 7.51. The molecule has 10 heteroatoms. The minimum atomic E-state index is -4.14. The van der Waals surface area contributed by atoms with Crippen LogP contribution in [0.25, 0.3) is 21.2 Å². The molecule has 2 aromatic heterocycles. The van der Waals surface area contributed by atoms with E-state index in [9.17, 15) is 22.6 Å². The fourth-order valence-corrected chi connectivity index (χ4v) is 8.10. The molecule has 3 heterocycles. The van der Waals surface area contributed by atoms with Crippen LogP contribution in [-0.4, -0.2) is 48.0 Å². The number of fused-ring (bicyclic) bond motifs is 3. The molecule has 0 fully saturated rings. The summed E-state index contributed by atoms with van der Waals surface area (Å²) >= 11 is 1.59. The van der Waals surface area contributed by atoms with E-state index in [1.165, 1.54) is 0 Å². The Kier molecular flexibility index (Phi) is 11.1. The van der Waals surface area contributed by atoms with Crippen molar-refractivity contribution in [2.24, 2.45) is 4.99 Å². The Morgan fingerprint density at radius 1 is 0.979 bits per heavy atom. The van der Waals surface area contributed by atoms with Gasteiger partial charge in [0.25, 0.3) is 10.1 Å². The van der Waals surface area contributed by atoms with Gasteiger partial charge in [-0.3, -0.25) is 19.1 Å². The minimum absolute atomic E-state index is 0.0859. The van der Waals surface area contributed by atoms with Crippen LogP contribution >= 0.6 is 11.3 Å². The second kappa shape index (κ2) is 15.1. The van der Waals surface area contributed by atoms with E-state index < -0.39 is 15.5 Å². The molecule has 1 atom stereocenters. The molecular formula is C38H43N3O5S2. The molecule has 0 amide bonds. The molecule has 0 spiro atoms. The summed E-state index contributed by atoms with van der Waals surface area (Å²) in [6, 6.07) is 17.6. The van der Waals surface area contributed by atoms with Gasteiger partial charge in [0.05, 0.1) is 17.1 Å². The van der Waals surface area contributed by atoms with Gasteiger partial charge in [0.1, 0.15) is 11.4 Å². The predicted molar refractivity (Wildman–Crippen MR) is 197 cm³/mol. The van der Waals surface area contributed by atoms with Crippen LogP contribution in [0.3, 0.4) is 0 Å². The zero-order chi connectivity index (χ0) is 34.5. The Hall–Kier alpha value is -3.99. The van der Waals surface area contributed by atoms with Gasteiger partial charge in [0, 0.05) is 52.4 Å². The Morgan fingerprint density at radius 3 is 2.25 bits per heavy atom. The summed E-state index contributed by atoms with van der Waals surface area (Å²) in [6.07, 6.45) is 7.81. The molecule has 0 radical (unpaired) electrons. The Bertz CT molecular complexity index is 1950. The average Bonchev–Trinajstić information content (AvgIpc) is 3.62. The lowest BCUT2D eigenvalue weighted by molar-refractivity contribution is 0.0973. The van der Waals surface area contributed by atoms with Gasteiger partial charge in [-0.2, -0.15) is 8.42 Å². The van der Waals surface area contributed by atoms with E-state index in [1.807, 2.05) is 67.8 Å². The van der Waals surface area contributed by atoms with E-state index in [0.29, 0.717) is 43.6 Å². The number of nitrogens with zero attached hydrogens (tertiary/aromatic N) is 3. The largest absolute Gasteiger partial charge is 0.343 e. The molecule has 0 aliphatic carbocycles. The van der Waals surface area contributed by atoms with Crippen LogP contribution in [0.1, 0.15) is 99.2 Å². The monoisotopic (exact) mass is 685 g/mol. The molecule has 0 bridgehead atoms. The van der Waals surface area contributed by atoms with Gasteiger partial charge in [-0.25, -0.2) is 4.98 Å². The first-order valence-corrected chi connectivity index (χ1v) is 19.2. The number of hydrogen-bond donors (Lipinski definition) is 1. The van der Waals surface area contributed by atoms with E-state index >= 15 is 0 Å². The SMILES string of the molecule is CCCC(=O)c1cc(-c2cc3c(c4ccsc24)N(CCCS(=O)(=O)O)/C(=C/C=Nc2ccccc2)C3(C)CCC)cc(C(=O)CCC)n1. The van der Waals surface area contributed by atoms with E-state index in [-0.39, 0.29) is 23.7 Å². The molecule has 1 aliphatic heterocycles. The van der Waals surface area contributed by atoms with Gasteiger partial charge in [0.15, 0.2) is 11.6 Å². The molecule has 48 heavy (non-hydrogen) atoms. The second-order valence-corrected chi connectivity index (χ2v) is 15.0. The molecular weight excluding hydrogens is 643 g/mol. The van der Waals surface area contributed by atoms with Crippen LogP contribution < -0.4 is 4.90 Å². The summed E-state index contributed by atoms with van der Waals surface area (Å²) in [4.78, 5) is 37.7. The van der Waals surface area contributed by atoms with Gasteiger partial charge < -0.3 is 4.90 Å². The molecule has 2 aromatic carbocycles. The standard InChI is InChI=1S/C38H43N3O5S2/c1-5-12-33(42)31-23-26(24-32(40-31)34(43)13-6-2)29-25-30-36(28-17-21-47-37(28)29)41(20-11-22-48(44,45)46)35(38(30,4)18-7-3)16-19-39-27-14-9-8-10-15-27/h8-10,14-17,19,21,23-25H,5-7,11-13,18,20,22H2,1-4H3,(H,44,45,46)/b35-16+,39-19?. The van der Waals surface area contributed by atoms with Crippen LogP contribution in [0, 0.1) is 0 Å². The molecule has 4 aromatic rings. The molecule has 252 valence electrons. The van der Waals surface area contributed by atoms with Gasteiger partial charge in [-0.05, 0) is 91.6 Å². The summed E-state index contributed by atoms with van der Waals surface area (Å²) in [6.45, 7) is 8.63. The van der Waals surface area contributed by atoms with Gasteiger partial charge in [0.2, 0.25) is 0 Å². The third-order valence-electron chi connectivity index (χ3n) is 8.84. The third-order valence-corrected chi connectivity index (χ3v) is 10.6. The van der Waals surface area contributed by atoms with Crippen LogP contribution in [-0.2, 0) is 15.5 Å². The van der Waals surface area contributed by atoms with Crippen molar-refractivity contribution in [3.63, 3.8) is 0 Å². The number of Topliss-reactive ketones (excluding diaryl/α,β-unsaturated/α-hetero) is 2. The maximum atomic E-state index is 13.2. The van der Waals surface area contributed by atoms with E-state index in [1.54, 1.807) is 17.6 Å². The minimum Gasteiger partial charge on any atom is -0.343 e. The average molecular weight is 686 g/mol. The number of para-hydroxylation sites is 1. The van der Waals surface area contributed by atoms with Crippen LogP contribution in [0.2, 0.25) is 0 Å². The van der Waals surface area contributed by atoms with Crippen molar-refractivity contribution in [2.45, 2.75) is 78.1 Å². The number of benzene rings is 2. The number of aliphatic imine (C=N–C) groups is 1. The summed E-state index contributed by atoms with van der Waals surface area (Å²) in [7, 11) is -4.14. The first kappa shape index (κ1) is 35.3. The molecule has 8 nitrogen and oxygen atoms in total. The first-order chi connectivity index (χ1) is 23.0. The number of ketones is 2. The van der Waals surface area contributed by atoms with Crippen molar-refractivity contribution in [1.29, 1.82) is 0 Å². The second-order valence-electron chi connectivity index (χ2n) is 12.5. The first-order valence-electron chi connectivity index (χ1n) is 16.7. The highest BCUT2D eigenvalue weighted by Gasteiger charge is 2.44. The van der Waals surface area contributed by atoms with Gasteiger partial charge >= 0.3 is 0 Å². The quantitative estimate of drug-likeness (QED) is 0.0753. The number of aromatic nitrogens is 1. The summed E-state index contributed by atoms with van der Waals surface area (Å²) in [5.74, 6) is -0.519. The highest BCUT2D eigenvalue weighted by atomic mass is 32.2. The fourth-order valence-electron chi connectivity index (χ4n) is 6.67. The van der Waals surface area contributed by atoms with Crippen LogP contribution in [0.5, 0.6) is 0 Å². The summed E-state index contributed by atoms with van der Waals surface area (Å²) < 4.78 is 34.1.